The number of hydrogen-bond acceptors (Lipinski definition) is 4. The van der Waals surface area contributed by atoms with Gasteiger partial charge in [-0.15, -0.1) is 0 Å². The molecule has 0 radical (unpaired) electrons. The molecule has 0 aliphatic heterocycles. The predicted molar refractivity (Wildman–Crippen MR) is 89.4 cm³/mol. The summed E-state index contributed by atoms with van der Waals surface area (Å²) in [6, 6.07) is 4.26. The molecule has 0 aromatic heterocycles. The van der Waals surface area contributed by atoms with E-state index in [1.807, 2.05) is 13.8 Å². The molecule has 1 aromatic carbocycles. The van der Waals surface area contributed by atoms with Gasteiger partial charge in [0.05, 0.1) is 10.5 Å². The highest BCUT2D eigenvalue weighted by atomic mass is 32.2. The van der Waals surface area contributed by atoms with Crippen molar-refractivity contribution in [2.24, 2.45) is 0 Å². The smallest absolute Gasteiger partial charge is 0.337 e. The lowest BCUT2D eigenvalue weighted by molar-refractivity contribution is 0.0697. The van der Waals surface area contributed by atoms with Crippen LogP contribution in [-0.2, 0) is 10.0 Å². The third kappa shape index (κ3) is 4.45. The number of carboxylic acids is 1. The third-order valence-electron chi connectivity index (χ3n) is 4.22. The van der Waals surface area contributed by atoms with Crippen LogP contribution in [0.25, 0.3) is 0 Å². The summed E-state index contributed by atoms with van der Waals surface area (Å²) in [6.45, 7) is 3.93. The molecule has 128 valence electrons. The summed E-state index contributed by atoms with van der Waals surface area (Å²) in [7, 11) is -3.69. The van der Waals surface area contributed by atoms with E-state index in [9.17, 15) is 18.3 Å². The molecule has 0 spiro atoms. The normalized spacial score (nSPS) is 17.1. The number of nitrogens with one attached hydrogen (secondary N) is 2. The second-order valence-electron chi connectivity index (χ2n) is 6.07. The van der Waals surface area contributed by atoms with E-state index in [-0.39, 0.29) is 22.5 Å². The summed E-state index contributed by atoms with van der Waals surface area (Å²) < 4.78 is 27.5. The van der Waals surface area contributed by atoms with Crippen LogP contribution in [0.2, 0.25) is 0 Å². The van der Waals surface area contributed by atoms with Crippen molar-refractivity contribution in [3.05, 3.63) is 23.8 Å². The van der Waals surface area contributed by atoms with Gasteiger partial charge < -0.3 is 10.4 Å². The van der Waals surface area contributed by atoms with Gasteiger partial charge >= 0.3 is 5.97 Å². The number of benzene rings is 1. The summed E-state index contributed by atoms with van der Waals surface area (Å²) in [5.41, 5.74) is 0.409. The molecular formula is C16H24N2O4S. The maximum atomic E-state index is 12.4. The van der Waals surface area contributed by atoms with Crippen LogP contribution in [-0.4, -0.2) is 31.6 Å². The fourth-order valence-electron chi connectivity index (χ4n) is 2.69. The van der Waals surface area contributed by atoms with Crippen molar-refractivity contribution < 1.29 is 18.3 Å². The molecule has 0 bridgehead atoms. The van der Waals surface area contributed by atoms with E-state index >= 15 is 0 Å². The van der Waals surface area contributed by atoms with Gasteiger partial charge in [0.2, 0.25) is 10.0 Å². The van der Waals surface area contributed by atoms with Crippen LogP contribution < -0.4 is 10.0 Å². The molecule has 1 unspecified atom stereocenters. The van der Waals surface area contributed by atoms with E-state index < -0.39 is 16.0 Å². The van der Waals surface area contributed by atoms with Gasteiger partial charge in [-0.25, -0.2) is 17.9 Å². The first-order chi connectivity index (χ1) is 10.8. The van der Waals surface area contributed by atoms with E-state index in [2.05, 4.69) is 10.0 Å². The van der Waals surface area contributed by atoms with Crippen LogP contribution in [0.15, 0.2) is 23.1 Å². The lowest BCUT2D eigenvalue weighted by atomic mass is 10.1. The van der Waals surface area contributed by atoms with Crippen molar-refractivity contribution in [1.29, 1.82) is 0 Å². The Morgan fingerprint density at radius 2 is 2.00 bits per heavy atom. The summed E-state index contributed by atoms with van der Waals surface area (Å²) >= 11 is 0. The zero-order valence-electron chi connectivity index (χ0n) is 13.5. The molecule has 6 nitrogen and oxygen atoms in total. The number of sulfonamides is 1. The zero-order valence-corrected chi connectivity index (χ0v) is 14.3. The van der Waals surface area contributed by atoms with E-state index in [4.69, 9.17) is 0 Å². The van der Waals surface area contributed by atoms with Gasteiger partial charge in [0.15, 0.2) is 0 Å². The number of anilines is 1. The quantitative estimate of drug-likeness (QED) is 0.709. The molecule has 0 heterocycles. The molecular weight excluding hydrogens is 316 g/mol. The van der Waals surface area contributed by atoms with E-state index in [0.29, 0.717) is 5.69 Å². The van der Waals surface area contributed by atoms with Crippen LogP contribution in [0.3, 0.4) is 0 Å². The number of aromatic carboxylic acids is 1. The third-order valence-corrected chi connectivity index (χ3v) is 5.74. The molecule has 0 amide bonds. The number of carbonyl (C=O) groups is 1. The minimum Gasteiger partial charge on any atom is -0.478 e. The second-order valence-corrected chi connectivity index (χ2v) is 7.78. The van der Waals surface area contributed by atoms with E-state index in [1.165, 1.54) is 18.2 Å². The van der Waals surface area contributed by atoms with E-state index in [1.54, 1.807) is 0 Å². The molecule has 3 N–H and O–H groups in total. The monoisotopic (exact) mass is 340 g/mol. The van der Waals surface area contributed by atoms with Gasteiger partial charge in [-0.1, -0.05) is 19.8 Å². The van der Waals surface area contributed by atoms with Crippen LogP contribution >= 0.6 is 0 Å². The Morgan fingerprint density at radius 3 is 2.57 bits per heavy atom. The van der Waals surface area contributed by atoms with Crippen molar-refractivity contribution in [2.75, 3.05) is 5.32 Å². The molecule has 1 atom stereocenters. The van der Waals surface area contributed by atoms with Gasteiger partial charge in [-0.05, 0) is 44.4 Å². The fourth-order valence-corrected chi connectivity index (χ4v) is 4.02. The van der Waals surface area contributed by atoms with Crippen LogP contribution in [0.4, 0.5) is 5.69 Å². The molecule has 1 fully saturated rings. The highest BCUT2D eigenvalue weighted by Gasteiger charge is 2.24. The summed E-state index contributed by atoms with van der Waals surface area (Å²) in [5.74, 6) is -1.14. The predicted octanol–water partition coefficient (Wildman–Crippen LogP) is 2.82. The Hall–Kier alpha value is -1.60. The van der Waals surface area contributed by atoms with Crippen LogP contribution in [0.5, 0.6) is 0 Å². The maximum absolute atomic E-state index is 12.4. The minimum atomic E-state index is -3.69. The number of hydrogen-bond donors (Lipinski definition) is 3. The molecule has 1 aliphatic carbocycles. The van der Waals surface area contributed by atoms with Crippen molar-refractivity contribution in [3.8, 4) is 0 Å². The molecule has 0 saturated heterocycles. The SMILES string of the molecule is CCC(C)Nc1ccc(S(=O)(=O)NC2CCCC2)cc1C(=O)O. The van der Waals surface area contributed by atoms with Crippen molar-refractivity contribution in [2.45, 2.75) is 62.9 Å². The Kier molecular flexibility index (Phi) is 5.64. The van der Waals surface area contributed by atoms with Gasteiger partial charge in [-0.3, -0.25) is 0 Å². The number of rotatable bonds is 7. The lowest BCUT2D eigenvalue weighted by Gasteiger charge is -2.17. The average molecular weight is 340 g/mol. The Morgan fingerprint density at radius 1 is 1.35 bits per heavy atom. The number of carboxylic acid groups (broad SMARTS) is 1. The first kappa shape index (κ1) is 17.7. The largest absolute Gasteiger partial charge is 0.478 e. The van der Waals surface area contributed by atoms with Gasteiger partial charge in [-0.2, -0.15) is 0 Å². The zero-order chi connectivity index (χ0) is 17.0. The lowest BCUT2D eigenvalue weighted by Crippen LogP contribution is -2.32. The molecule has 23 heavy (non-hydrogen) atoms. The molecule has 1 aliphatic rings. The summed E-state index contributed by atoms with van der Waals surface area (Å²) in [6.07, 6.45) is 4.54. The summed E-state index contributed by atoms with van der Waals surface area (Å²) in [4.78, 5) is 11.5. The second kappa shape index (κ2) is 7.31. The van der Waals surface area contributed by atoms with Gasteiger partial charge in [0.1, 0.15) is 0 Å². The highest BCUT2D eigenvalue weighted by molar-refractivity contribution is 7.89. The Balaban J connectivity index is 2.29. The summed E-state index contributed by atoms with van der Waals surface area (Å²) in [5, 5.41) is 12.5. The van der Waals surface area contributed by atoms with Crippen molar-refractivity contribution in [1.82, 2.24) is 4.72 Å². The topological polar surface area (TPSA) is 95.5 Å². The Bertz CT molecular complexity index is 667. The van der Waals surface area contributed by atoms with Crippen molar-refractivity contribution in [3.63, 3.8) is 0 Å². The Labute approximate surface area is 137 Å². The highest BCUT2D eigenvalue weighted by Crippen LogP contribution is 2.24. The van der Waals surface area contributed by atoms with Gasteiger partial charge in [0.25, 0.3) is 0 Å². The first-order valence-electron chi connectivity index (χ1n) is 7.99. The fraction of sp³-hybridized carbons (Fsp3) is 0.562. The van der Waals surface area contributed by atoms with E-state index in [0.717, 1.165) is 32.1 Å². The average Bonchev–Trinajstić information content (AvgIpc) is 2.99. The maximum Gasteiger partial charge on any atom is 0.337 e. The minimum absolute atomic E-state index is 0.00324. The molecule has 1 saturated carbocycles. The first-order valence-corrected chi connectivity index (χ1v) is 9.48. The molecule has 7 heteroatoms. The molecule has 2 rings (SSSR count). The van der Waals surface area contributed by atoms with Gasteiger partial charge in [0, 0.05) is 17.8 Å². The van der Waals surface area contributed by atoms with Crippen molar-refractivity contribution >= 4 is 21.7 Å². The molecule has 1 aromatic rings. The van der Waals surface area contributed by atoms with Crippen LogP contribution in [0, 0.1) is 0 Å². The van der Waals surface area contributed by atoms with Crippen LogP contribution in [0.1, 0.15) is 56.3 Å². The standard InChI is InChI=1S/C16H24N2O4S/c1-3-11(2)17-15-9-8-13(10-14(15)16(19)20)23(21,22)18-12-6-4-5-7-12/h8-12,17-18H,3-7H2,1-2H3,(H,19,20).